The average molecular weight is 436 g/mol. The lowest BCUT2D eigenvalue weighted by Gasteiger charge is -2.25. The van der Waals surface area contributed by atoms with E-state index < -0.39 is 23.1 Å². The van der Waals surface area contributed by atoms with Crippen molar-refractivity contribution < 1.29 is 18.0 Å². The highest BCUT2D eigenvalue weighted by Gasteiger charge is 2.35. The summed E-state index contributed by atoms with van der Waals surface area (Å²) < 4.78 is 45.2. The van der Waals surface area contributed by atoms with Crippen LogP contribution in [0.2, 0.25) is 0 Å². The van der Waals surface area contributed by atoms with Gasteiger partial charge in [0.15, 0.2) is 0 Å². The van der Waals surface area contributed by atoms with E-state index in [0.29, 0.717) is 22.8 Å². The van der Waals surface area contributed by atoms with Crippen molar-refractivity contribution in [3.63, 3.8) is 0 Å². The lowest BCUT2D eigenvalue weighted by molar-refractivity contribution is -0.136. The van der Waals surface area contributed by atoms with E-state index in [9.17, 15) is 22.8 Å². The Bertz CT molecular complexity index is 1180. The fraction of sp³-hybridized carbons (Fsp3) is 0.350. The maximum absolute atomic E-state index is 13.7. The Hall–Kier alpha value is -2.88. The molecule has 3 heterocycles. The molecule has 0 saturated carbocycles. The number of anilines is 2. The van der Waals surface area contributed by atoms with Crippen LogP contribution in [0.25, 0.3) is 10.2 Å². The van der Waals surface area contributed by atoms with Crippen molar-refractivity contribution in [2.75, 3.05) is 16.8 Å². The number of carbonyl (C=O) groups excluding carboxylic acids is 1. The number of H-pyrrole nitrogens is 1. The van der Waals surface area contributed by atoms with Gasteiger partial charge in [0, 0.05) is 24.5 Å². The topological polar surface area (TPSA) is 78.1 Å². The smallest absolute Gasteiger partial charge is 0.369 e. The molecule has 6 nitrogen and oxygen atoms in total. The summed E-state index contributed by atoms with van der Waals surface area (Å²) in [5.74, 6) is -0.906. The summed E-state index contributed by atoms with van der Waals surface area (Å²) in [5, 5.41) is 2.53. The summed E-state index contributed by atoms with van der Waals surface area (Å²) in [5.41, 5.74) is -1.24. The minimum Gasteiger partial charge on any atom is -0.369 e. The van der Waals surface area contributed by atoms with Gasteiger partial charge in [-0.3, -0.25) is 9.59 Å². The number of aromatic nitrogens is 2. The van der Waals surface area contributed by atoms with E-state index in [1.807, 2.05) is 11.8 Å². The number of aromatic amines is 1. The molecular weight excluding hydrogens is 417 g/mol. The lowest BCUT2D eigenvalue weighted by atomic mass is 10.1. The van der Waals surface area contributed by atoms with Gasteiger partial charge in [-0.05, 0) is 56.4 Å². The average Bonchev–Trinajstić information content (AvgIpc) is 3.27. The van der Waals surface area contributed by atoms with E-state index in [0.717, 1.165) is 30.4 Å². The third-order valence-corrected chi connectivity index (χ3v) is 6.24. The number of alkyl halides is 3. The molecule has 0 spiro atoms. The van der Waals surface area contributed by atoms with Crippen molar-refractivity contribution >= 4 is 39.0 Å². The molecule has 30 heavy (non-hydrogen) atoms. The quantitative estimate of drug-likeness (QED) is 0.631. The normalized spacial score (nSPS) is 17.0. The van der Waals surface area contributed by atoms with E-state index in [1.54, 1.807) is 13.0 Å². The minimum atomic E-state index is -4.66. The number of nitrogens with zero attached hydrogens (tertiary/aromatic N) is 2. The Balaban J connectivity index is 1.70. The first-order valence-electron chi connectivity index (χ1n) is 9.43. The number of hydrogen-bond donors (Lipinski definition) is 2. The molecule has 1 aliphatic heterocycles. The molecule has 0 aliphatic carbocycles. The summed E-state index contributed by atoms with van der Waals surface area (Å²) in [6.45, 7) is 4.29. The molecule has 0 radical (unpaired) electrons. The largest absolute Gasteiger partial charge is 0.418 e. The van der Waals surface area contributed by atoms with Crippen molar-refractivity contribution in [2.24, 2.45) is 0 Å². The van der Waals surface area contributed by atoms with Crippen LogP contribution < -0.4 is 15.6 Å². The molecule has 4 rings (SSSR count). The number of amides is 1. The van der Waals surface area contributed by atoms with Gasteiger partial charge in [-0.25, -0.2) is 0 Å². The molecule has 1 atom stereocenters. The molecule has 10 heteroatoms. The Morgan fingerprint density at radius 3 is 2.80 bits per heavy atom. The summed E-state index contributed by atoms with van der Waals surface area (Å²) in [6, 6.07) is 4.01. The van der Waals surface area contributed by atoms with Crippen molar-refractivity contribution in [2.45, 2.75) is 38.9 Å². The fourth-order valence-electron chi connectivity index (χ4n) is 3.80. The number of aryl methyl sites for hydroxylation is 1. The third kappa shape index (κ3) is 3.55. The number of pyridine rings is 1. The van der Waals surface area contributed by atoms with Crippen molar-refractivity contribution in [1.29, 1.82) is 0 Å². The maximum atomic E-state index is 13.7. The first-order valence-corrected chi connectivity index (χ1v) is 10.2. The molecule has 158 valence electrons. The molecule has 1 saturated heterocycles. The van der Waals surface area contributed by atoms with Crippen LogP contribution in [0.3, 0.4) is 0 Å². The molecule has 1 fully saturated rings. The molecule has 3 aromatic rings. The van der Waals surface area contributed by atoms with Gasteiger partial charge >= 0.3 is 6.18 Å². The first-order chi connectivity index (χ1) is 14.2. The Morgan fingerprint density at radius 2 is 2.13 bits per heavy atom. The highest BCUT2D eigenvalue weighted by molar-refractivity contribution is 7.12. The molecule has 2 aromatic heterocycles. The summed E-state index contributed by atoms with van der Waals surface area (Å²) >= 11 is 1.08. The van der Waals surface area contributed by atoms with Gasteiger partial charge in [-0.2, -0.15) is 17.5 Å². The maximum Gasteiger partial charge on any atom is 0.418 e. The number of hydrogen-bond acceptors (Lipinski definition) is 5. The predicted molar refractivity (Wildman–Crippen MR) is 110 cm³/mol. The fourth-order valence-corrected chi connectivity index (χ4v) is 4.57. The molecule has 1 aliphatic rings. The zero-order valence-electron chi connectivity index (χ0n) is 16.3. The van der Waals surface area contributed by atoms with Crippen LogP contribution in [0.4, 0.5) is 24.5 Å². The molecule has 2 N–H and O–H groups in total. The monoisotopic (exact) mass is 436 g/mol. The SMILES string of the molecule is Cc1nsc2[nH]cc(C(=O)Nc3ccc(N4CCC[C@@H]4C)cc3C(F)(F)F)c(=O)c12. The van der Waals surface area contributed by atoms with Crippen molar-refractivity contribution in [3.05, 3.63) is 51.4 Å². The second-order valence-corrected chi connectivity index (χ2v) is 8.14. The van der Waals surface area contributed by atoms with Crippen LogP contribution in [0.1, 0.15) is 41.4 Å². The molecule has 1 amide bonds. The zero-order chi connectivity index (χ0) is 21.6. The molecular formula is C20H19F3N4O2S. The van der Waals surface area contributed by atoms with E-state index in [4.69, 9.17) is 0 Å². The third-order valence-electron chi connectivity index (χ3n) is 5.37. The molecule has 1 aromatic carbocycles. The highest BCUT2D eigenvalue weighted by atomic mass is 32.1. The highest BCUT2D eigenvalue weighted by Crippen LogP contribution is 2.38. The Labute approximate surface area is 173 Å². The zero-order valence-corrected chi connectivity index (χ0v) is 17.1. The van der Waals surface area contributed by atoms with Crippen molar-refractivity contribution in [1.82, 2.24) is 9.36 Å². The summed E-state index contributed by atoms with van der Waals surface area (Å²) in [7, 11) is 0. The standard InChI is InChI=1S/C20H19F3N4O2S/c1-10-4-3-7-27(10)12-5-6-15(14(8-12)20(21,22)23)25-18(29)13-9-24-19-16(17(13)28)11(2)26-30-19/h5-6,8-10H,3-4,7H2,1-2H3,(H,24,28)(H,25,29)/t10-/m0/s1. The van der Waals surface area contributed by atoms with Gasteiger partial charge < -0.3 is 15.2 Å². The second kappa shape index (κ2) is 7.42. The van der Waals surface area contributed by atoms with E-state index in [2.05, 4.69) is 14.7 Å². The van der Waals surface area contributed by atoms with Crippen LogP contribution in [0, 0.1) is 6.92 Å². The summed E-state index contributed by atoms with van der Waals surface area (Å²) in [4.78, 5) is 30.5. The van der Waals surface area contributed by atoms with Gasteiger partial charge in [0.25, 0.3) is 5.91 Å². The lowest BCUT2D eigenvalue weighted by Crippen LogP contribution is -2.27. The number of rotatable bonds is 3. The number of halogens is 3. The van der Waals surface area contributed by atoms with E-state index in [-0.39, 0.29) is 22.7 Å². The van der Waals surface area contributed by atoms with Gasteiger partial charge in [0.2, 0.25) is 5.43 Å². The number of nitrogens with one attached hydrogen (secondary N) is 2. The Morgan fingerprint density at radius 1 is 1.37 bits per heavy atom. The predicted octanol–water partition coefficient (Wildman–Crippen LogP) is 4.55. The van der Waals surface area contributed by atoms with Crippen LogP contribution in [-0.4, -0.2) is 27.9 Å². The van der Waals surface area contributed by atoms with E-state index in [1.165, 1.54) is 12.3 Å². The number of carbonyl (C=O) groups is 1. The van der Waals surface area contributed by atoms with Crippen molar-refractivity contribution in [3.8, 4) is 0 Å². The molecule has 0 unspecified atom stereocenters. The van der Waals surface area contributed by atoms with Gasteiger partial charge in [-0.1, -0.05) is 0 Å². The summed E-state index contributed by atoms with van der Waals surface area (Å²) in [6.07, 6.45) is -1.62. The minimum absolute atomic E-state index is 0.152. The first kappa shape index (κ1) is 20.4. The van der Waals surface area contributed by atoms with Crippen LogP contribution in [0.5, 0.6) is 0 Å². The second-order valence-electron chi connectivity index (χ2n) is 7.37. The van der Waals surface area contributed by atoms with Crippen LogP contribution >= 0.6 is 11.5 Å². The molecule has 0 bridgehead atoms. The Kier molecular flexibility index (Phi) is 5.05. The number of fused-ring (bicyclic) bond motifs is 1. The van der Waals surface area contributed by atoms with Crippen LogP contribution in [0.15, 0.2) is 29.2 Å². The van der Waals surface area contributed by atoms with Crippen LogP contribution in [-0.2, 0) is 6.18 Å². The number of benzene rings is 1. The van der Waals surface area contributed by atoms with Gasteiger partial charge in [0.05, 0.1) is 22.3 Å². The van der Waals surface area contributed by atoms with Gasteiger partial charge in [0.1, 0.15) is 10.4 Å². The van der Waals surface area contributed by atoms with E-state index >= 15 is 0 Å². The van der Waals surface area contributed by atoms with Gasteiger partial charge in [-0.15, -0.1) is 0 Å².